The van der Waals surface area contributed by atoms with Gasteiger partial charge >= 0.3 is 6.18 Å². The molecule has 1 fully saturated rings. The highest BCUT2D eigenvalue weighted by Gasteiger charge is 2.33. The number of benzene rings is 1. The minimum atomic E-state index is -4.40. The molecule has 0 radical (unpaired) electrons. The number of rotatable bonds is 3. The van der Waals surface area contributed by atoms with Crippen molar-refractivity contribution in [1.82, 2.24) is 10.6 Å². The molecule has 2 N–H and O–H groups in total. The van der Waals surface area contributed by atoms with E-state index in [2.05, 4.69) is 10.6 Å². The van der Waals surface area contributed by atoms with E-state index in [0.717, 1.165) is 18.9 Å². The zero-order chi connectivity index (χ0) is 15.5. The van der Waals surface area contributed by atoms with Crippen molar-refractivity contribution in [2.45, 2.75) is 38.5 Å². The smallest absolute Gasteiger partial charge is 0.352 e. The van der Waals surface area contributed by atoms with Crippen molar-refractivity contribution in [3.63, 3.8) is 0 Å². The van der Waals surface area contributed by atoms with Crippen molar-refractivity contribution in [3.05, 3.63) is 35.4 Å². The molecule has 0 bridgehead atoms. The average molecular weight is 300 g/mol. The fourth-order valence-electron chi connectivity index (χ4n) is 2.50. The van der Waals surface area contributed by atoms with Gasteiger partial charge in [0.15, 0.2) is 0 Å². The summed E-state index contributed by atoms with van der Waals surface area (Å²) >= 11 is 0. The molecule has 6 heteroatoms. The number of hydrogen-bond donors (Lipinski definition) is 2. The van der Waals surface area contributed by atoms with E-state index in [0.29, 0.717) is 12.6 Å². The van der Waals surface area contributed by atoms with Gasteiger partial charge in [-0.1, -0.05) is 18.2 Å². The number of nitrogens with one attached hydrogen (secondary N) is 2. The lowest BCUT2D eigenvalue weighted by molar-refractivity contribution is -0.138. The van der Waals surface area contributed by atoms with E-state index in [-0.39, 0.29) is 23.9 Å². The average Bonchev–Trinajstić information content (AvgIpc) is 2.45. The Hall–Kier alpha value is -1.56. The Morgan fingerprint density at radius 3 is 2.67 bits per heavy atom. The van der Waals surface area contributed by atoms with Gasteiger partial charge in [-0.05, 0) is 31.4 Å². The van der Waals surface area contributed by atoms with Gasteiger partial charge in [-0.3, -0.25) is 4.79 Å². The van der Waals surface area contributed by atoms with Crippen LogP contribution in [-0.4, -0.2) is 18.5 Å². The Morgan fingerprint density at radius 2 is 2.05 bits per heavy atom. The second kappa shape index (κ2) is 6.47. The molecule has 21 heavy (non-hydrogen) atoms. The number of amides is 1. The molecule has 1 aliphatic heterocycles. The predicted molar refractivity (Wildman–Crippen MR) is 73.5 cm³/mol. The van der Waals surface area contributed by atoms with Crippen LogP contribution in [0.3, 0.4) is 0 Å². The van der Waals surface area contributed by atoms with Crippen LogP contribution in [-0.2, 0) is 17.5 Å². The quantitative estimate of drug-likeness (QED) is 0.901. The predicted octanol–water partition coefficient (Wildman–Crippen LogP) is 2.71. The van der Waals surface area contributed by atoms with Gasteiger partial charge in [0.2, 0.25) is 5.91 Å². The Balaban J connectivity index is 1.96. The SMILES string of the molecule is CC1CCC(C(=O)NCc2ccccc2C(F)(F)F)CN1. The minimum Gasteiger partial charge on any atom is -0.352 e. The summed E-state index contributed by atoms with van der Waals surface area (Å²) in [5.74, 6) is -0.356. The summed E-state index contributed by atoms with van der Waals surface area (Å²) in [5, 5.41) is 5.82. The maximum absolute atomic E-state index is 12.8. The van der Waals surface area contributed by atoms with Crippen molar-refractivity contribution in [1.29, 1.82) is 0 Å². The molecule has 3 nitrogen and oxygen atoms in total. The lowest BCUT2D eigenvalue weighted by atomic mass is 9.94. The number of alkyl halides is 3. The first kappa shape index (κ1) is 15.8. The molecule has 116 valence electrons. The standard InChI is InChI=1S/C15H19F3N2O/c1-10-6-7-12(9-19-10)14(21)20-8-11-4-2-3-5-13(11)15(16,17)18/h2-5,10,12,19H,6-9H2,1H3,(H,20,21). The summed E-state index contributed by atoms with van der Waals surface area (Å²) in [5.41, 5.74) is -0.601. The number of halogens is 3. The monoisotopic (exact) mass is 300 g/mol. The number of carbonyl (C=O) groups is 1. The molecule has 1 aliphatic rings. The van der Waals surface area contributed by atoms with Gasteiger partial charge in [0, 0.05) is 19.1 Å². The summed E-state index contributed by atoms with van der Waals surface area (Å²) < 4.78 is 38.5. The maximum atomic E-state index is 12.8. The second-order valence-electron chi connectivity index (χ2n) is 5.46. The number of carbonyl (C=O) groups excluding carboxylic acids is 1. The van der Waals surface area contributed by atoms with Crippen LogP contribution in [0.1, 0.15) is 30.9 Å². The number of hydrogen-bond acceptors (Lipinski definition) is 2. The van der Waals surface area contributed by atoms with Gasteiger partial charge in [-0.2, -0.15) is 13.2 Å². The first-order chi connectivity index (χ1) is 9.88. The molecule has 0 aliphatic carbocycles. The highest BCUT2D eigenvalue weighted by atomic mass is 19.4. The Kier molecular flexibility index (Phi) is 4.88. The Morgan fingerprint density at radius 1 is 1.33 bits per heavy atom. The van der Waals surface area contributed by atoms with Crippen LogP contribution in [0.15, 0.2) is 24.3 Å². The summed E-state index contributed by atoms with van der Waals surface area (Å²) in [6, 6.07) is 5.71. The van der Waals surface area contributed by atoms with E-state index in [1.165, 1.54) is 12.1 Å². The van der Waals surface area contributed by atoms with E-state index >= 15 is 0 Å². The molecule has 2 unspecified atom stereocenters. The van der Waals surface area contributed by atoms with Crippen molar-refractivity contribution < 1.29 is 18.0 Å². The van der Waals surface area contributed by atoms with Gasteiger partial charge in [-0.25, -0.2) is 0 Å². The summed E-state index contributed by atoms with van der Waals surface area (Å²) in [6.45, 7) is 2.53. The van der Waals surface area contributed by atoms with E-state index < -0.39 is 11.7 Å². The third-order valence-electron chi connectivity index (χ3n) is 3.81. The summed E-state index contributed by atoms with van der Waals surface area (Å²) in [7, 11) is 0. The zero-order valence-corrected chi connectivity index (χ0v) is 11.8. The summed E-state index contributed by atoms with van der Waals surface area (Å²) in [6.07, 6.45) is -2.73. The van der Waals surface area contributed by atoms with Crippen molar-refractivity contribution >= 4 is 5.91 Å². The van der Waals surface area contributed by atoms with Crippen LogP contribution in [0.4, 0.5) is 13.2 Å². The molecule has 1 aromatic rings. The molecular formula is C15H19F3N2O. The van der Waals surface area contributed by atoms with Crippen molar-refractivity contribution in [3.8, 4) is 0 Å². The number of piperidine rings is 1. The van der Waals surface area contributed by atoms with Crippen molar-refractivity contribution in [2.75, 3.05) is 6.54 Å². The Labute approximate surface area is 121 Å². The minimum absolute atomic E-state index is 0.0930. The molecule has 0 aromatic heterocycles. The van der Waals surface area contributed by atoms with Crippen molar-refractivity contribution in [2.24, 2.45) is 5.92 Å². The van der Waals surface area contributed by atoms with Gasteiger partial charge in [-0.15, -0.1) is 0 Å². The lowest BCUT2D eigenvalue weighted by Crippen LogP contribution is -2.43. The normalized spacial score (nSPS) is 22.9. The molecule has 1 saturated heterocycles. The molecule has 1 heterocycles. The van der Waals surface area contributed by atoms with E-state index in [1.54, 1.807) is 6.07 Å². The molecule has 2 atom stereocenters. The fourth-order valence-corrected chi connectivity index (χ4v) is 2.50. The third kappa shape index (κ3) is 4.20. The topological polar surface area (TPSA) is 41.1 Å². The highest BCUT2D eigenvalue weighted by Crippen LogP contribution is 2.31. The largest absolute Gasteiger partial charge is 0.416 e. The maximum Gasteiger partial charge on any atom is 0.416 e. The van der Waals surface area contributed by atoms with Crippen LogP contribution >= 0.6 is 0 Å². The third-order valence-corrected chi connectivity index (χ3v) is 3.81. The lowest BCUT2D eigenvalue weighted by Gasteiger charge is -2.26. The highest BCUT2D eigenvalue weighted by molar-refractivity contribution is 5.79. The van der Waals surface area contributed by atoms with Crippen LogP contribution in [0.5, 0.6) is 0 Å². The van der Waals surface area contributed by atoms with Gasteiger partial charge in [0.05, 0.1) is 11.5 Å². The van der Waals surface area contributed by atoms with Crippen LogP contribution < -0.4 is 10.6 Å². The first-order valence-corrected chi connectivity index (χ1v) is 7.04. The molecule has 1 aromatic carbocycles. The van der Waals surface area contributed by atoms with Gasteiger partial charge < -0.3 is 10.6 Å². The van der Waals surface area contributed by atoms with Crippen LogP contribution in [0, 0.1) is 5.92 Å². The van der Waals surface area contributed by atoms with E-state index in [1.807, 2.05) is 6.92 Å². The fraction of sp³-hybridized carbons (Fsp3) is 0.533. The van der Waals surface area contributed by atoms with E-state index in [4.69, 9.17) is 0 Å². The second-order valence-corrected chi connectivity index (χ2v) is 5.46. The Bertz CT molecular complexity index is 494. The zero-order valence-electron chi connectivity index (χ0n) is 11.8. The van der Waals surface area contributed by atoms with Gasteiger partial charge in [0.25, 0.3) is 0 Å². The molecular weight excluding hydrogens is 281 g/mol. The molecule has 2 rings (SSSR count). The van der Waals surface area contributed by atoms with Crippen LogP contribution in [0.25, 0.3) is 0 Å². The van der Waals surface area contributed by atoms with Crippen LogP contribution in [0.2, 0.25) is 0 Å². The molecule has 0 spiro atoms. The van der Waals surface area contributed by atoms with E-state index in [9.17, 15) is 18.0 Å². The molecule has 0 saturated carbocycles. The molecule has 1 amide bonds. The first-order valence-electron chi connectivity index (χ1n) is 7.04. The summed E-state index contributed by atoms with van der Waals surface area (Å²) in [4.78, 5) is 12.0. The van der Waals surface area contributed by atoms with Gasteiger partial charge in [0.1, 0.15) is 0 Å².